The number of amides is 1. The minimum absolute atomic E-state index is 0.158. The Labute approximate surface area is 236 Å². The van der Waals surface area contributed by atoms with Crippen molar-refractivity contribution in [2.45, 2.75) is 58.5 Å². The Morgan fingerprint density at radius 1 is 0.875 bits per heavy atom. The van der Waals surface area contributed by atoms with Crippen LogP contribution in [0.25, 0.3) is 0 Å². The van der Waals surface area contributed by atoms with Crippen molar-refractivity contribution >= 4 is 5.91 Å². The number of aromatic nitrogens is 3. The van der Waals surface area contributed by atoms with Gasteiger partial charge in [0.25, 0.3) is 0 Å². The number of carbonyl (C=O) groups excluding carboxylic acids is 1. The largest absolute Gasteiger partial charge is 0.487 e. The van der Waals surface area contributed by atoms with E-state index in [9.17, 15) is 4.79 Å². The average molecular weight is 545 g/mol. The summed E-state index contributed by atoms with van der Waals surface area (Å²) in [7, 11) is 0. The van der Waals surface area contributed by atoms with Crippen LogP contribution in [0, 0.1) is 5.41 Å². The number of morpholine rings is 1. The molecule has 9 nitrogen and oxygen atoms in total. The number of carbonyl (C=O) groups is 1. The van der Waals surface area contributed by atoms with Crippen LogP contribution in [-0.4, -0.2) is 70.1 Å². The van der Waals surface area contributed by atoms with Crippen molar-refractivity contribution in [2.24, 2.45) is 5.41 Å². The Hall–Kier alpha value is -3.27. The van der Waals surface area contributed by atoms with Crippen molar-refractivity contribution in [3.8, 4) is 5.75 Å². The van der Waals surface area contributed by atoms with Gasteiger partial charge in [-0.05, 0) is 56.0 Å². The maximum absolute atomic E-state index is 13.8. The molecule has 2 fully saturated rings. The van der Waals surface area contributed by atoms with Crippen molar-refractivity contribution in [3.05, 3.63) is 77.1 Å². The van der Waals surface area contributed by atoms with Gasteiger partial charge in [-0.3, -0.25) is 19.3 Å². The zero-order valence-electron chi connectivity index (χ0n) is 23.3. The normalized spacial score (nSPS) is 20.8. The Balaban J connectivity index is 1.11. The molecule has 212 valence electrons. The molecule has 1 N–H and O–H groups in total. The van der Waals surface area contributed by atoms with Gasteiger partial charge in [-0.2, -0.15) is 0 Å². The molecule has 40 heavy (non-hydrogen) atoms. The van der Waals surface area contributed by atoms with Gasteiger partial charge in [0, 0.05) is 44.8 Å². The Morgan fingerprint density at radius 2 is 1.62 bits per heavy atom. The number of para-hydroxylation sites is 1. The summed E-state index contributed by atoms with van der Waals surface area (Å²) in [6.45, 7) is 8.92. The first-order chi connectivity index (χ1) is 19.6. The first-order valence-electron chi connectivity index (χ1n) is 14.6. The molecule has 4 heterocycles. The third kappa shape index (κ3) is 6.54. The molecule has 3 aromatic rings. The fourth-order valence-electron chi connectivity index (χ4n) is 6.23. The van der Waals surface area contributed by atoms with Gasteiger partial charge in [-0.25, -0.2) is 0 Å². The molecule has 2 aromatic carbocycles. The number of nitrogens with zero attached hydrogens (tertiary/aromatic N) is 5. The number of nitrogens with one attached hydrogen (secondary N) is 1. The number of fused-ring (bicyclic) bond motifs is 3. The van der Waals surface area contributed by atoms with Gasteiger partial charge in [-0.1, -0.05) is 47.7 Å². The maximum Gasteiger partial charge on any atom is 0.226 e. The quantitative estimate of drug-likeness (QED) is 0.539. The van der Waals surface area contributed by atoms with Crippen LogP contribution in [0.5, 0.6) is 5.75 Å². The van der Waals surface area contributed by atoms with E-state index in [2.05, 4.69) is 49.7 Å². The smallest absolute Gasteiger partial charge is 0.226 e. The lowest BCUT2D eigenvalue weighted by molar-refractivity contribution is -0.135. The SMILES string of the molecule is O=C1NCc2ccccc2OCc2cn(nn2)CCCC12CCN(Cc1cccc(CN3CCOCC3)c1)CC2. The number of likely N-dealkylation sites (tertiary alicyclic amines) is 1. The van der Waals surface area contributed by atoms with E-state index in [4.69, 9.17) is 9.47 Å². The van der Waals surface area contributed by atoms with E-state index in [1.54, 1.807) is 0 Å². The van der Waals surface area contributed by atoms with Crippen molar-refractivity contribution in [1.29, 1.82) is 0 Å². The molecule has 3 aliphatic heterocycles. The number of hydrogen-bond acceptors (Lipinski definition) is 7. The summed E-state index contributed by atoms with van der Waals surface area (Å²) >= 11 is 0. The Bertz CT molecular complexity index is 1280. The van der Waals surface area contributed by atoms with E-state index in [1.807, 2.05) is 35.1 Å². The number of piperidine rings is 1. The van der Waals surface area contributed by atoms with Crippen LogP contribution in [-0.2, 0) is 42.3 Å². The molecule has 6 rings (SSSR count). The lowest BCUT2D eigenvalue weighted by atomic mass is 9.73. The van der Waals surface area contributed by atoms with Crippen LogP contribution >= 0.6 is 0 Å². The lowest BCUT2D eigenvalue weighted by Crippen LogP contribution is -2.48. The molecule has 2 saturated heterocycles. The van der Waals surface area contributed by atoms with Gasteiger partial charge in [0.15, 0.2) is 0 Å². The zero-order valence-corrected chi connectivity index (χ0v) is 23.3. The second-order valence-corrected chi connectivity index (χ2v) is 11.4. The standard InChI is InChI=1S/C31H40N6O3/c38-30-31(9-4-12-37-23-28(33-34-37)24-40-29-8-2-1-7-27(29)20-32-30)10-13-35(14-11-31)21-25-5-3-6-26(19-25)22-36-15-17-39-18-16-36/h1-3,5-8,19,23H,4,9-18,20-22,24H2,(H,32,38). The molecular formula is C31H40N6O3. The van der Waals surface area contributed by atoms with Crippen molar-refractivity contribution in [1.82, 2.24) is 30.1 Å². The van der Waals surface area contributed by atoms with Crippen LogP contribution in [0.2, 0.25) is 0 Å². The molecule has 3 aliphatic rings. The molecule has 0 saturated carbocycles. The van der Waals surface area contributed by atoms with Crippen molar-refractivity contribution < 1.29 is 14.3 Å². The molecule has 0 aliphatic carbocycles. The van der Waals surface area contributed by atoms with E-state index in [0.717, 1.165) is 102 Å². The Morgan fingerprint density at radius 3 is 2.42 bits per heavy atom. The lowest BCUT2D eigenvalue weighted by Gasteiger charge is -2.41. The first-order valence-corrected chi connectivity index (χ1v) is 14.6. The van der Waals surface area contributed by atoms with Gasteiger partial charge < -0.3 is 14.8 Å². The topological polar surface area (TPSA) is 84.7 Å². The summed E-state index contributed by atoms with van der Waals surface area (Å²) in [6, 6.07) is 16.9. The molecule has 0 atom stereocenters. The van der Waals surface area contributed by atoms with Crippen LogP contribution < -0.4 is 10.1 Å². The summed E-state index contributed by atoms with van der Waals surface area (Å²) in [5.74, 6) is 0.930. The van der Waals surface area contributed by atoms with Gasteiger partial charge in [0.2, 0.25) is 5.91 Å². The highest BCUT2D eigenvalue weighted by Crippen LogP contribution is 2.37. The zero-order chi connectivity index (χ0) is 27.2. The van der Waals surface area contributed by atoms with Gasteiger partial charge in [0.1, 0.15) is 18.1 Å². The highest BCUT2D eigenvalue weighted by atomic mass is 16.5. The molecule has 0 unspecified atom stereocenters. The fourth-order valence-corrected chi connectivity index (χ4v) is 6.23. The molecule has 1 amide bonds. The minimum Gasteiger partial charge on any atom is -0.487 e. The van der Waals surface area contributed by atoms with E-state index in [-0.39, 0.29) is 11.3 Å². The second kappa shape index (κ2) is 12.5. The number of hydrogen-bond donors (Lipinski definition) is 1. The molecule has 1 aromatic heterocycles. The second-order valence-electron chi connectivity index (χ2n) is 11.4. The summed E-state index contributed by atoms with van der Waals surface area (Å²) < 4.78 is 13.4. The van der Waals surface area contributed by atoms with E-state index < -0.39 is 0 Å². The number of ether oxygens (including phenoxy) is 2. The first kappa shape index (κ1) is 26.9. The highest BCUT2D eigenvalue weighted by molar-refractivity contribution is 5.82. The van der Waals surface area contributed by atoms with Gasteiger partial charge >= 0.3 is 0 Å². The molecule has 0 radical (unpaired) electrons. The molecule has 9 heteroatoms. The molecule has 2 bridgehead atoms. The molecule has 1 spiro atoms. The van der Waals surface area contributed by atoms with Gasteiger partial charge in [0.05, 0.1) is 24.8 Å². The summed E-state index contributed by atoms with van der Waals surface area (Å²) in [4.78, 5) is 18.7. The summed E-state index contributed by atoms with van der Waals surface area (Å²) in [5.41, 5.74) is 4.12. The predicted molar refractivity (Wildman–Crippen MR) is 151 cm³/mol. The third-order valence-electron chi connectivity index (χ3n) is 8.62. The average Bonchev–Trinajstić information content (AvgIpc) is 3.44. The number of aryl methyl sites for hydroxylation is 1. The van der Waals surface area contributed by atoms with E-state index in [1.165, 1.54) is 11.1 Å². The van der Waals surface area contributed by atoms with Gasteiger partial charge in [-0.15, -0.1) is 5.10 Å². The van der Waals surface area contributed by atoms with E-state index in [0.29, 0.717) is 13.2 Å². The predicted octanol–water partition coefficient (Wildman–Crippen LogP) is 3.38. The molecular weight excluding hydrogens is 504 g/mol. The van der Waals surface area contributed by atoms with E-state index >= 15 is 0 Å². The fraction of sp³-hybridized carbons (Fsp3) is 0.516. The highest BCUT2D eigenvalue weighted by Gasteiger charge is 2.40. The monoisotopic (exact) mass is 544 g/mol. The summed E-state index contributed by atoms with van der Waals surface area (Å²) in [5, 5.41) is 11.8. The van der Waals surface area contributed by atoms with Crippen LogP contribution in [0.3, 0.4) is 0 Å². The van der Waals surface area contributed by atoms with Crippen molar-refractivity contribution in [2.75, 3.05) is 39.4 Å². The number of rotatable bonds is 4. The van der Waals surface area contributed by atoms with Crippen molar-refractivity contribution in [3.63, 3.8) is 0 Å². The Kier molecular flexibility index (Phi) is 8.41. The minimum atomic E-state index is -0.377. The van der Waals surface area contributed by atoms with Crippen LogP contribution in [0.4, 0.5) is 0 Å². The summed E-state index contributed by atoms with van der Waals surface area (Å²) in [6.07, 6.45) is 5.39. The number of benzene rings is 2. The van der Waals surface area contributed by atoms with Crippen LogP contribution in [0.1, 0.15) is 48.1 Å². The van der Waals surface area contributed by atoms with Crippen LogP contribution in [0.15, 0.2) is 54.7 Å². The maximum atomic E-state index is 13.8. The third-order valence-corrected chi connectivity index (χ3v) is 8.62.